The number of thiazole rings is 1. The summed E-state index contributed by atoms with van der Waals surface area (Å²) in [5.74, 6) is -1.90. The fourth-order valence-corrected chi connectivity index (χ4v) is 2.61. The zero-order valence-corrected chi connectivity index (χ0v) is 11.2. The van der Waals surface area contributed by atoms with Gasteiger partial charge in [0.1, 0.15) is 17.3 Å². The van der Waals surface area contributed by atoms with E-state index in [-0.39, 0.29) is 11.4 Å². The molecule has 0 saturated heterocycles. The van der Waals surface area contributed by atoms with Gasteiger partial charge in [0.05, 0.1) is 5.69 Å². The van der Waals surface area contributed by atoms with Crippen LogP contribution in [-0.4, -0.2) is 15.3 Å². The van der Waals surface area contributed by atoms with Gasteiger partial charge in [0.2, 0.25) is 0 Å². The van der Waals surface area contributed by atoms with Crippen molar-refractivity contribution in [3.8, 4) is 0 Å². The molecule has 20 heavy (non-hydrogen) atoms. The van der Waals surface area contributed by atoms with Crippen LogP contribution in [0.5, 0.6) is 0 Å². The first kappa shape index (κ1) is 12.7. The van der Waals surface area contributed by atoms with Crippen LogP contribution >= 0.6 is 11.3 Å². The summed E-state index contributed by atoms with van der Waals surface area (Å²) >= 11 is 1.44. The SMILES string of the molecule is Cc1cn2cc(C(=O)Nc3cc(F)ccc3F)nc2s1. The highest BCUT2D eigenvalue weighted by molar-refractivity contribution is 7.17. The largest absolute Gasteiger partial charge is 0.318 e. The van der Waals surface area contributed by atoms with Gasteiger partial charge in [-0.3, -0.25) is 9.20 Å². The standard InChI is InChI=1S/C13H9F2N3OS/c1-7-5-18-6-11(17-13(18)20-7)12(19)16-10-4-8(14)2-3-9(10)15/h2-6H,1H3,(H,16,19). The van der Waals surface area contributed by atoms with Gasteiger partial charge in [0, 0.05) is 23.3 Å². The average molecular weight is 293 g/mol. The molecule has 0 aliphatic carbocycles. The predicted molar refractivity (Wildman–Crippen MR) is 72.1 cm³/mol. The third-order valence-electron chi connectivity index (χ3n) is 2.68. The lowest BCUT2D eigenvalue weighted by Gasteiger charge is -2.04. The van der Waals surface area contributed by atoms with Crippen molar-refractivity contribution < 1.29 is 13.6 Å². The molecule has 0 aliphatic rings. The Morgan fingerprint density at radius 3 is 2.90 bits per heavy atom. The first-order valence-corrected chi connectivity index (χ1v) is 6.56. The van der Waals surface area contributed by atoms with Crippen molar-refractivity contribution in [2.24, 2.45) is 0 Å². The Balaban J connectivity index is 1.88. The first-order chi connectivity index (χ1) is 9.52. The quantitative estimate of drug-likeness (QED) is 0.788. The Bertz CT molecular complexity index is 778. The van der Waals surface area contributed by atoms with Gasteiger partial charge in [0.25, 0.3) is 5.91 Å². The number of hydrogen-bond acceptors (Lipinski definition) is 3. The van der Waals surface area contributed by atoms with Gasteiger partial charge in [-0.05, 0) is 19.1 Å². The van der Waals surface area contributed by atoms with Gasteiger partial charge in [-0.25, -0.2) is 13.8 Å². The number of anilines is 1. The van der Waals surface area contributed by atoms with E-state index in [9.17, 15) is 13.6 Å². The van der Waals surface area contributed by atoms with Crippen LogP contribution in [0.3, 0.4) is 0 Å². The summed E-state index contributed by atoms with van der Waals surface area (Å²) in [7, 11) is 0. The number of carbonyl (C=O) groups excluding carboxylic acids is 1. The minimum absolute atomic E-state index is 0.153. The molecule has 0 unspecified atom stereocenters. The summed E-state index contributed by atoms with van der Waals surface area (Å²) in [5, 5.41) is 2.31. The summed E-state index contributed by atoms with van der Waals surface area (Å²) in [6.07, 6.45) is 3.39. The van der Waals surface area contributed by atoms with Crippen molar-refractivity contribution in [3.05, 3.63) is 52.8 Å². The number of hydrogen-bond donors (Lipinski definition) is 1. The van der Waals surface area contributed by atoms with Crippen molar-refractivity contribution in [2.75, 3.05) is 5.32 Å². The maximum Gasteiger partial charge on any atom is 0.275 e. The molecule has 102 valence electrons. The molecule has 1 aromatic carbocycles. The van der Waals surface area contributed by atoms with Crippen molar-refractivity contribution in [1.82, 2.24) is 9.38 Å². The smallest absolute Gasteiger partial charge is 0.275 e. The van der Waals surface area contributed by atoms with E-state index in [0.717, 1.165) is 23.1 Å². The second-order valence-electron chi connectivity index (χ2n) is 4.24. The molecule has 4 nitrogen and oxygen atoms in total. The molecule has 1 N–H and O–H groups in total. The zero-order chi connectivity index (χ0) is 14.3. The third kappa shape index (κ3) is 2.27. The Kier molecular flexibility index (Phi) is 2.98. The maximum absolute atomic E-state index is 13.4. The van der Waals surface area contributed by atoms with E-state index in [1.165, 1.54) is 11.3 Å². The molecule has 2 aromatic heterocycles. The van der Waals surface area contributed by atoms with E-state index in [2.05, 4.69) is 10.3 Å². The van der Waals surface area contributed by atoms with Crippen LogP contribution in [0, 0.1) is 18.6 Å². The van der Waals surface area contributed by atoms with Crippen LogP contribution in [0.15, 0.2) is 30.6 Å². The minimum atomic E-state index is -0.698. The van der Waals surface area contributed by atoms with Crippen molar-refractivity contribution in [1.29, 1.82) is 0 Å². The van der Waals surface area contributed by atoms with Gasteiger partial charge in [-0.15, -0.1) is 11.3 Å². The van der Waals surface area contributed by atoms with E-state index >= 15 is 0 Å². The Morgan fingerprint density at radius 1 is 1.35 bits per heavy atom. The Labute approximate surface area is 116 Å². The summed E-state index contributed by atoms with van der Waals surface area (Å²) in [6, 6.07) is 2.87. The molecule has 0 aliphatic heterocycles. The topological polar surface area (TPSA) is 46.4 Å². The number of nitrogens with zero attached hydrogens (tertiary/aromatic N) is 2. The van der Waals surface area contributed by atoms with Gasteiger partial charge in [-0.2, -0.15) is 0 Å². The molecule has 2 heterocycles. The number of benzene rings is 1. The van der Waals surface area contributed by atoms with Gasteiger partial charge >= 0.3 is 0 Å². The van der Waals surface area contributed by atoms with Crippen molar-refractivity contribution in [2.45, 2.75) is 6.92 Å². The Morgan fingerprint density at radius 2 is 2.15 bits per heavy atom. The second kappa shape index (κ2) is 4.68. The van der Waals surface area contributed by atoms with Crippen molar-refractivity contribution in [3.63, 3.8) is 0 Å². The highest BCUT2D eigenvalue weighted by atomic mass is 32.1. The molecule has 0 fully saturated rings. The van der Waals surface area contributed by atoms with E-state index in [1.54, 1.807) is 10.6 Å². The van der Waals surface area contributed by atoms with Gasteiger partial charge < -0.3 is 5.32 Å². The first-order valence-electron chi connectivity index (χ1n) is 5.74. The lowest BCUT2D eigenvalue weighted by atomic mass is 10.3. The molecule has 0 radical (unpaired) electrons. The molecular formula is C13H9F2N3OS. The number of nitrogens with one attached hydrogen (secondary N) is 1. The summed E-state index contributed by atoms with van der Waals surface area (Å²) in [5.41, 5.74) is -0.0533. The summed E-state index contributed by atoms with van der Waals surface area (Å²) in [6.45, 7) is 1.93. The molecular weight excluding hydrogens is 284 g/mol. The van der Waals surface area contributed by atoms with Crippen LogP contribution in [-0.2, 0) is 0 Å². The predicted octanol–water partition coefficient (Wildman–Crippen LogP) is 3.23. The number of carbonyl (C=O) groups is 1. The molecule has 0 spiro atoms. The second-order valence-corrected chi connectivity index (χ2v) is 5.45. The number of rotatable bonds is 2. The average Bonchev–Trinajstić information content (AvgIpc) is 2.91. The van der Waals surface area contributed by atoms with Crippen molar-refractivity contribution >= 4 is 27.9 Å². The number of aryl methyl sites for hydroxylation is 1. The zero-order valence-electron chi connectivity index (χ0n) is 10.4. The van der Waals surface area contributed by atoms with Crippen LogP contribution in [0.2, 0.25) is 0 Å². The van der Waals surface area contributed by atoms with E-state index in [0.29, 0.717) is 4.96 Å². The lowest BCUT2D eigenvalue weighted by molar-refractivity contribution is 0.102. The number of fused-ring (bicyclic) bond motifs is 1. The Hall–Kier alpha value is -2.28. The van der Waals surface area contributed by atoms with Crippen LogP contribution in [0.1, 0.15) is 15.4 Å². The van der Waals surface area contributed by atoms with Crippen LogP contribution in [0.4, 0.5) is 14.5 Å². The van der Waals surface area contributed by atoms with Crippen LogP contribution < -0.4 is 5.32 Å². The maximum atomic E-state index is 13.4. The molecule has 0 atom stereocenters. The lowest BCUT2D eigenvalue weighted by Crippen LogP contribution is -2.13. The monoisotopic (exact) mass is 293 g/mol. The van der Waals surface area contributed by atoms with Gasteiger partial charge in [0.15, 0.2) is 4.96 Å². The number of imidazole rings is 1. The van der Waals surface area contributed by atoms with E-state index in [1.807, 2.05) is 13.1 Å². The molecule has 3 aromatic rings. The van der Waals surface area contributed by atoms with E-state index in [4.69, 9.17) is 0 Å². The fraction of sp³-hybridized carbons (Fsp3) is 0.0769. The molecule has 1 amide bonds. The number of halogens is 2. The molecule has 0 saturated carbocycles. The van der Waals surface area contributed by atoms with Gasteiger partial charge in [-0.1, -0.05) is 0 Å². The molecule has 7 heteroatoms. The van der Waals surface area contributed by atoms with Crippen LogP contribution in [0.25, 0.3) is 4.96 Å². The molecule has 3 rings (SSSR count). The van der Waals surface area contributed by atoms with E-state index < -0.39 is 17.5 Å². The summed E-state index contributed by atoms with van der Waals surface area (Å²) in [4.78, 5) is 17.8. The third-order valence-corrected chi connectivity index (χ3v) is 3.59. The number of aromatic nitrogens is 2. The minimum Gasteiger partial charge on any atom is -0.318 e. The normalized spacial score (nSPS) is 10.9. The molecule has 0 bridgehead atoms. The highest BCUT2D eigenvalue weighted by Crippen LogP contribution is 2.19. The summed E-state index contributed by atoms with van der Waals surface area (Å²) < 4.78 is 28.2. The highest BCUT2D eigenvalue weighted by Gasteiger charge is 2.14. The fourth-order valence-electron chi connectivity index (χ4n) is 1.80. The number of amides is 1.